The van der Waals surface area contributed by atoms with E-state index in [0.717, 1.165) is 25.0 Å². The molecule has 6 nitrogen and oxygen atoms in total. The van der Waals surface area contributed by atoms with Gasteiger partial charge in [0.15, 0.2) is 0 Å². The number of rotatable bonds is 3. The number of hydrogen-bond acceptors (Lipinski definition) is 4. The van der Waals surface area contributed by atoms with Crippen LogP contribution in [-0.4, -0.2) is 53.6 Å². The van der Waals surface area contributed by atoms with Gasteiger partial charge in [-0.25, -0.2) is 4.79 Å². The van der Waals surface area contributed by atoms with Crippen LogP contribution in [0.2, 0.25) is 0 Å². The molecule has 3 rings (SSSR count). The van der Waals surface area contributed by atoms with E-state index in [9.17, 15) is 9.59 Å². The third-order valence-electron chi connectivity index (χ3n) is 4.89. The molecule has 2 aliphatic rings. The van der Waals surface area contributed by atoms with Gasteiger partial charge in [0.25, 0.3) is 5.91 Å². The molecule has 6 heteroatoms. The molecule has 0 aromatic carbocycles. The molecule has 1 aromatic rings. The quantitative estimate of drug-likeness (QED) is 0.859. The number of amides is 2. The van der Waals surface area contributed by atoms with E-state index >= 15 is 0 Å². The molecule has 0 bridgehead atoms. The van der Waals surface area contributed by atoms with E-state index in [1.165, 1.54) is 0 Å². The third-order valence-corrected chi connectivity index (χ3v) is 4.89. The molecule has 2 saturated heterocycles. The molecule has 0 spiro atoms. The zero-order valence-corrected chi connectivity index (χ0v) is 14.0. The standard InChI is InChI=1S/C17H24N2O4/c1-4-13-10-22-17(21)19(13)14-5-7-18(8-6-14)16(20)15-9-11(2)23-12(15)3/h9,13-14H,4-8,10H2,1-3H3. The Hall–Kier alpha value is -1.98. The topological polar surface area (TPSA) is 63.0 Å². The number of carbonyl (C=O) groups excluding carboxylic acids is 2. The molecular formula is C17H24N2O4. The summed E-state index contributed by atoms with van der Waals surface area (Å²) in [7, 11) is 0. The van der Waals surface area contributed by atoms with Gasteiger partial charge in [-0.05, 0) is 39.2 Å². The van der Waals surface area contributed by atoms with E-state index in [-0.39, 0.29) is 24.1 Å². The molecule has 2 fully saturated rings. The molecule has 1 atom stereocenters. The van der Waals surface area contributed by atoms with Crippen LogP contribution in [0.15, 0.2) is 10.5 Å². The van der Waals surface area contributed by atoms with Crippen LogP contribution in [0.1, 0.15) is 48.1 Å². The summed E-state index contributed by atoms with van der Waals surface area (Å²) in [5.41, 5.74) is 0.646. The highest BCUT2D eigenvalue weighted by Gasteiger charge is 2.39. The van der Waals surface area contributed by atoms with Gasteiger partial charge in [-0.15, -0.1) is 0 Å². The Labute approximate surface area is 136 Å². The fourth-order valence-corrected chi connectivity index (χ4v) is 3.59. The molecular weight excluding hydrogens is 296 g/mol. The monoisotopic (exact) mass is 320 g/mol. The minimum absolute atomic E-state index is 0.0221. The fraction of sp³-hybridized carbons (Fsp3) is 0.647. The molecule has 0 N–H and O–H groups in total. The minimum Gasteiger partial charge on any atom is -0.466 e. The summed E-state index contributed by atoms with van der Waals surface area (Å²) in [6.07, 6.45) is 2.29. The number of carbonyl (C=O) groups is 2. The lowest BCUT2D eigenvalue weighted by atomic mass is 10.0. The second-order valence-electron chi connectivity index (χ2n) is 6.40. The maximum absolute atomic E-state index is 12.6. The Kier molecular flexibility index (Phi) is 4.33. The highest BCUT2D eigenvalue weighted by molar-refractivity contribution is 5.95. The normalized spacial score (nSPS) is 22.6. The van der Waals surface area contributed by atoms with Gasteiger partial charge in [0.05, 0.1) is 11.6 Å². The van der Waals surface area contributed by atoms with Crippen molar-refractivity contribution in [3.8, 4) is 0 Å². The maximum Gasteiger partial charge on any atom is 0.410 e. The van der Waals surface area contributed by atoms with Crippen molar-refractivity contribution in [2.45, 2.75) is 52.1 Å². The van der Waals surface area contributed by atoms with Crippen LogP contribution in [0, 0.1) is 13.8 Å². The van der Waals surface area contributed by atoms with Gasteiger partial charge in [0.2, 0.25) is 0 Å². The second kappa shape index (κ2) is 6.26. The molecule has 0 saturated carbocycles. The van der Waals surface area contributed by atoms with Gasteiger partial charge in [-0.2, -0.15) is 0 Å². The highest BCUT2D eigenvalue weighted by atomic mass is 16.6. The Morgan fingerprint density at radius 1 is 1.30 bits per heavy atom. The Bertz CT molecular complexity index is 602. The number of nitrogens with zero attached hydrogens (tertiary/aromatic N) is 2. The van der Waals surface area contributed by atoms with Crippen molar-refractivity contribution in [2.75, 3.05) is 19.7 Å². The Morgan fingerprint density at radius 2 is 2.00 bits per heavy atom. The molecule has 1 aromatic heterocycles. The summed E-state index contributed by atoms with van der Waals surface area (Å²) in [6, 6.07) is 2.15. The number of furan rings is 1. The van der Waals surface area contributed by atoms with Crippen LogP contribution in [0.5, 0.6) is 0 Å². The number of aryl methyl sites for hydroxylation is 2. The number of hydrogen-bond donors (Lipinski definition) is 0. The predicted molar refractivity (Wildman–Crippen MR) is 84.4 cm³/mol. The lowest BCUT2D eigenvalue weighted by molar-refractivity contribution is 0.0634. The third kappa shape index (κ3) is 2.94. The average molecular weight is 320 g/mol. The van der Waals surface area contributed by atoms with Gasteiger partial charge in [-0.3, -0.25) is 9.69 Å². The summed E-state index contributed by atoms with van der Waals surface area (Å²) < 4.78 is 10.6. The second-order valence-corrected chi connectivity index (χ2v) is 6.40. The van der Waals surface area contributed by atoms with Crippen molar-refractivity contribution in [3.63, 3.8) is 0 Å². The van der Waals surface area contributed by atoms with Crippen LogP contribution >= 0.6 is 0 Å². The molecule has 23 heavy (non-hydrogen) atoms. The molecule has 2 aliphatic heterocycles. The maximum atomic E-state index is 12.6. The summed E-state index contributed by atoms with van der Waals surface area (Å²) in [5.74, 6) is 1.45. The van der Waals surface area contributed by atoms with Crippen LogP contribution in [0.3, 0.4) is 0 Å². The number of likely N-dealkylation sites (tertiary alicyclic amines) is 1. The zero-order chi connectivity index (χ0) is 16.6. The van der Waals surface area contributed by atoms with Crippen molar-refractivity contribution in [1.82, 2.24) is 9.80 Å². The molecule has 3 heterocycles. The van der Waals surface area contributed by atoms with Crippen LogP contribution in [-0.2, 0) is 4.74 Å². The Morgan fingerprint density at radius 3 is 2.57 bits per heavy atom. The predicted octanol–water partition coefficient (Wildman–Crippen LogP) is 2.73. The molecule has 2 amide bonds. The SMILES string of the molecule is CCC1COC(=O)N1C1CCN(C(=O)c2cc(C)oc2C)CC1. The van der Waals surface area contributed by atoms with Crippen LogP contribution in [0.25, 0.3) is 0 Å². The number of ether oxygens (including phenoxy) is 1. The van der Waals surface area contributed by atoms with Gasteiger partial charge in [0.1, 0.15) is 18.1 Å². The van der Waals surface area contributed by atoms with Crippen LogP contribution in [0.4, 0.5) is 4.79 Å². The molecule has 126 valence electrons. The fourth-order valence-electron chi connectivity index (χ4n) is 3.59. The van der Waals surface area contributed by atoms with Gasteiger partial charge < -0.3 is 14.1 Å². The minimum atomic E-state index is -0.206. The van der Waals surface area contributed by atoms with Gasteiger partial charge in [-0.1, -0.05) is 6.92 Å². The smallest absolute Gasteiger partial charge is 0.410 e. The molecule has 0 aliphatic carbocycles. The van der Waals surface area contributed by atoms with E-state index in [4.69, 9.17) is 9.15 Å². The van der Waals surface area contributed by atoms with E-state index in [0.29, 0.717) is 31.0 Å². The van der Waals surface area contributed by atoms with Gasteiger partial charge >= 0.3 is 6.09 Å². The summed E-state index contributed by atoms with van der Waals surface area (Å²) in [4.78, 5) is 28.3. The first-order valence-electron chi connectivity index (χ1n) is 8.32. The zero-order valence-electron chi connectivity index (χ0n) is 14.0. The van der Waals surface area contributed by atoms with Crippen molar-refractivity contribution >= 4 is 12.0 Å². The Balaban J connectivity index is 1.63. The first-order valence-corrected chi connectivity index (χ1v) is 8.32. The first-order chi connectivity index (χ1) is 11.0. The highest BCUT2D eigenvalue weighted by Crippen LogP contribution is 2.26. The first kappa shape index (κ1) is 15.9. The number of piperidine rings is 1. The summed E-state index contributed by atoms with van der Waals surface area (Å²) in [5, 5.41) is 0. The van der Waals surface area contributed by atoms with Crippen molar-refractivity contribution in [1.29, 1.82) is 0 Å². The van der Waals surface area contributed by atoms with Crippen molar-refractivity contribution in [3.05, 3.63) is 23.2 Å². The summed E-state index contributed by atoms with van der Waals surface area (Å²) >= 11 is 0. The number of cyclic esters (lactones) is 1. The largest absolute Gasteiger partial charge is 0.466 e. The van der Waals surface area contributed by atoms with Crippen molar-refractivity contribution in [2.24, 2.45) is 0 Å². The van der Waals surface area contributed by atoms with E-state index < -0.39 is 0 Å². The summed E-state index contributed by atoms with van der Waals surface area (Å²) in [6.45, 7) is 7.55. The van der Waals surface area contributed by atoms with E-state index in [2.05, 4.69) is 6.92 Å². The average Bonchev–Trinajstić information content (AvgIpc) is 3.08. The van der Waals surface area contributed by atoms with Crippen molar-refractivity contribution < 1.29 is 18.7 Å². The molecule has 0 radical (unpaired) electrons. The lowest BCUT2D eigenvalue weighted by Gasteiger charge is -2.37. The van der Waals surface area contributed by atoms with E-state index in [1.54, 1.807) is 6.07 Å². The lowest BCUT2D eigenvalue weighted by Crippen LogP contribution is -2.49. The van der Waals surface area contributed by atoms with E-state index in [1.807, 2.05) is 23.6 Å². The van der Waals surface area contributed by atoms with Gasteiger partial charge in [0, 0.05) is 19.1 Å². The van der Waals surface area contributed by atoms with Crippen LogP contribution < -0.4 is 0 Å². The molecule has 1 unspecified atom stereocenters.